The van der Waals surface area contributed by atoms with E-state index in [0.29, 0.717) is 16.7 Å². The first-order valence-electron chi connectivity index (χ1n) is 4.03. The van der Waals surface area contributed by atoms with Crippen molar-refractivity contribution in [3.05, 3.63) is 40.7 Å². The van der Waals surface area contributed by atoms with E-state index in [1.165, 1.54) is 6.07 Å². The topological polar surface area (TPSA) is 17.1 Å². The molecule has 0 atom stereocenters. The monoisotopic (exact) mass is 178 g/mol. The van der Waals surface area contributed by atoms with Gasteiger partial charge in [0.1, 0.15) is 12.1 Å². The van der Waals surface area contributed by atoms with Gasteiger partial charge in [0.05, 0.1) is 0 Å². The summed E-state index contributed by atoms with van der Waals surface area (Å²) in [6.07, 6.45) is 2.40. The largest absolute Gasteiger partial charge is 0.298 e. The zero-order chi connectivity index (χ0) is 9.84. The van der Waals surface area contributed by atoms with E-state index in [9.17, 15) is 9.18 Å². The number of hydrogen-bond donors (Lipinski definition) is 0. The second-order valence-corrected chi connectivity index (χ2v) is 3.01. The molecule has 0 N–H and O–H groups in total. The minimum Gasteiger partial charge on any atom is -0.298 e. The van der Waals surface area contributed by atoms with Crippen LogP contribution in [0, 0.1) is 12.7 Å². The van der Waals surface area contributed by atoms with Crippen molar-refractivity contribution in [3.63, 3.8) is 0 Å². The molecule has 0 bridgehead atoms. The number of allylic oxidation sites excluding steroid dienone is 1. The first-order valence-corrected chi connectivity index (χ1v) is 4.03. The molecule has 1 nitrogen and oxygen atoms in total. The highest BCUT2D eigenvalue weighted by atomic mass is 19.1. The average molecular weight is 178 g/mol. The minimum atomic E-state index is -0.243. The molecule has 0 aliphatic carbocycles. The third-order valence-electron chi connectivity index (χ3n) is 1.78. The van der Waals surface area contributed by atoms with Crippen LogP contribution in [0.3, 0.4) is 0 Å². The fourth-order valence-electron chi connectivity index (χ4n) is 0.996. The van der Waals surface area contributed by atoms with Crippen molar-refractivity contribution < 1.29 is 9.18 Å². The Hall–Kier alpha value is -1.44. The van der Waals surface area contributed by atoms with Gasteiger partial charge in [0.25, 0.3) is 0 Å². The Morgan fingerprint density at radius 1 is 1.46 bits per heavy atom. The van der Waals surface area contributed by atoms with Gasteiger partial charge >= 0.3 is 0 Å². The van der Waals surface area contributed by atoms with Crippen molar-refractivity contribution in [2.45, 2.75) is 13.8 Å². The van der Waals surface area contributed by atoms with Gasteiger partial charge in [-0.2, -0.15) is 0 Å². The fourth-order valence-corrected chi connectivity index (χ4v) is 0.996. The maximum absolute atomic E-state index is 13.0. The zero-order valence-corrected chi connectivity index (χ0v) is 7.67. The van der Waals surface area contributed by atoms with Crippen LogP contribution >= 0.6 is 0 Å². The van der Waals surface area contributed by atoms with Crippen LogP contribution in [0.25, 0.3) is 6.08 Å². The molecule has 2 heteroatoms. The Kier molecular flexibility index (Phi) is 2.96. The Bertz CT molecular complexity index is 353. The van der Waals surface area contributed by atoms with E-state index in [1.807, 2.05) is 0 Å². The van der Waals surface area contributed by atoms with Gasteiger partial charge in [-0.15, -0.1) is 0 Å². The summed E-state index contributed by atoms with van der Waals surface area (Å²) in [6.45, 7) is 3.39. The number of halogens is 1. The third-order valence-corrected chi connectivity index (χ3v) is 1.78. The number of hydrogen-bond acceptors (Lipinski definition) is 1. The van der Waals surface area contributed by atoms with Gasteiger partial charge in [0.15, 0.2) is 0 Å². The van der Waals surface area contributed by atoms with Gasteiger partial charge in [-0.3, -0.25) is 4.79 Å². The highest BCUT2D eigenvalue weighted by Gasteiger charge is 1.97. The number of carbonyl (C=O) groups is 1. The second-order valence-electron chi connectivity index (χ2n) is 3.01. The quantitative estimate of drug-likeness (QED) is 0.502. The first-order chi connectivity index (χ1) is 6.13. The number of carbonyl (C=O) groups excluding carboxylic acids is 1. The maximum Gasteiger partial charge on any atom is 0.145 e. The number of aryl methyl sites for hydroxylation is 1. The molecular weight excluding hydrogens is 167 g/mol. The number of aldehydes is 1. The van der Waals surface area contributed by atoms with Gasteiger partial charge in [0.2, 0.25) is 0 Å². The lowest BCUT2D eigenvalue weighted by Crippen LogP contribution is -1.84. The van der Waals surface area contributed by atoms with E-state index in [4.69, 9.17) is 0 Å². The standard InChI is InChI=1S/C11H11FO/c1-8(7-13)5-10-4-3-9(2)11(12)6-10/h3-7H,1-2H3/b8-5-. The number of benzene rings is 1. The molecule has 0 aliphatic rings. The highest BCUT2D eigenvalue weighted by Crippen LogP contribution is 2.11. The molecule has 0 amide bonds. The SMILES string of the molecule is C/C(C=O)=C/c1ccc(C)c(F)c1. The normalized spacial score (nSPS) is 11.5. The summed E-state index contributed by atoms with van der Waals surface area (Å²) in [5.74, 6) is -0.243. The van der Waals surface area contributed by atoms with E-state index >= 15 is 0 Å². The van der Waals surface area contributed by atoms with Crippen LogP contribution in [-0.4, -0.2) is 6.29 Å². The predicted molar refractivity (Wildman–Crippen MR) is 50.9 cm³/mol. The van der Waals surface area contributed by atoms with E-state index < -0.39 is 0 Å². The first kappa shape index (κ1) is 9.65. The molecule has 0 aliphatic heterocycles. The third kappa shape index (κ3) is 2.51. The molecule has 0 unspecified atom stereocenters. The van der Waals surface area contributed by atoms with Crippen LogP contribution in [0.5, 0.6) is 0 Å². The van der Waals surface area contributed by atoms with E-state index in [-0.39, 0.29) is 5.82 Å². The molecule has 0 saturated carbocycles. The molecule has 0 saturated heterocycles. The van der Waals surface area contributed by atoms with Crippen molar-refractivity contribution in [3.8, 4) is 0 Å². The van der Waals surface area contributed by atoms with Crippen molar-refractivity contribution in [2.75, 3.05) is 0 Å². The van der Waals surface area contributed by atoms with Gasteiger partial charge < -0.3 is 0 Å². The van der Waals surface area contributed by atoms with Crippen molar-refractivity contribution >= 4 is 12.4 Å². The molecule has 0 radical (unpaired) electrons. The Balaban J connectivity index is 3.04. The van der Waals surface area contributed by atoms with Crippen LogP contribution in [0.15, 0.2) is 23.8 Å². The molecule has 13 heavy (non-hydrogen) atoms. The van der Waals surface area contributed by atoms with Crippen molar-refractivity contribution in [2.24, 2.45) is 0 Å². The van der Waals surface area contributed by atoms with Gasteiger partial charge in [-0.25, -0.2) is 4.39 Å². The summed E-state index contributed by atoms with van der Waals surface area (Å²) < 4.78 is 13.0. The summed E-state index contributed by atoms with van der Waals surface area (Å²) in [7, 11) is 0. The van der Waals surface area contributed by atoms with Crippen LogP contribution in [0.4, 0.5) is 4.39 Å². The smallest absolute Gasteiger partial charge is 0.145 e. The predicted octanol–water partition coefficient (Wildman–Crippen LogP) is 2.74. The molecule has 0 spiro atoms. The van der Waals surface area contributed by atoms with Gasteiger partial charge in [-0.1, -0.05) is 12.1 Å². The Labute approximate surface area is 76.9 Å². The van der Waals surface area contributed by atoms with Crippen molar-refractivity contribution in [1.29, 1.82) is 0 Å². The molecule has 0 aromatic heterocycles. The molecule has 1 rings (SSSR count). The summed E-state index contributed by atoms with van der Waals surface area (Å²) >= 11 is 0. The molecule has 68 valence electrons. The highest BCUT2D eigenvalue weighted by molar-refractivity contribution is 5.80. The Morgan fingerprint density at radius 2 is 2.15 bits per heavy atom. The summed E-state index contributed by atoms with van der Waals surface area (Å²) in [4.78, 5) is 10.3. The lowest BCUT2D eigenvalue weighted by Gasteiger charge is -1.98. The van der Waals surface area contributed by atoms with Crippen LogP contribution in [-0.2, 0) is 4.79 Å². The van der Waals surface area contributed by atoms with E-state index in [1.54, 1.807) is 32.1 Å². The lowest BCUT2D eigenvalue weighted by molar-refractivity contribution is -0.104. The second kappa shape index (κ2) is 3.99. The molecule has 1 aromatic carbocycles. The average Bonchev–Trinajstić information content (AvgIpc) is 2.11. The van der Waals surface area contributed by atoms with E-state index in [2.05, 4.69) is 0 Å². The van der Waals surface area contributed by atoms with Crippen LogP contribution in [0.2, 0.25) is 0 Å². The Morgan fingerprint density at radius 3 is 2.69 bits per heavy atom. The van der Waals surface area contributed by atoms with Crippen LogP contribution in [0.1, 0.15) is 18.1 Å². The molecule has 0 fully saturated rings. The zero-order valence-electron chi connectivity index (χ0n) is 7.67. The summed E-state index contributed by atoms with van der Waals surface area (Å²) in [5.41, 5.74) is 1.91. The molecule has 0 heterocycles. The summed E-state index contributed by atoms with van der Waals surface area (Å²) in [6, 6.07) is 4.90. The maximum atomic E-state index is 13.0. The lowest BCUT2D eigenvalue weighted by atomic mass is 10.1. The van der Waals surface area contributed by atoms with Gasteiger partial charge in [0, 0.05) is 0 Å². The van der Waals surface area contributed by atoms with Crippen molar-refractivity contribution in [1.82, 2.24) is 0 Å². The van der Waals surface area contributed by atoms with E-state index in [0.717, 1.165) is 6.29 Å². The fraction of sp³-hybridized carbons (Fsp3) is 0.182. The van der Waals surface area contributed by atoms with Crippen LogP contribution < -0.4 is 0 Å². The minimum absolute atomic E-state index is 0.243. The number of rotatable bonds is 2. The molecule has 1 aromatic rings. The molecular formula is C11H11FO. The van der Waals surface area contributed by atoms with Gasteiger partial charge in [-0.05, 0) is 42.7 Å². The summed E-state index contributed by atoms with van der Waals surface area (Å²) in [5, 5.41) is 0.